The molecule has 2 aromatic rings. The lowest BCUT2D eigenvalue weighted by molar-refractivity contribution is -0.137. The van der Waals surface area contributed by atoms with E-state index in [2.05, 4.69) is 15.1 Å². The number of piperidine rings is 1. The summed E-state index contributed by atoms with van der Waals surface area (Å²) in [5, 5.41) is 3.85. The van der Waals surface area contributed by atoms with Crippen LogP contribution in [0.4, 0.5) is 4.39 Å². The molecule has 1 amide bonds. The normalized spacial score (nSPS) is 24.7. The Morgan fingerprint density at radius 1 is 1.43 bits per heavy atom. The molecule has 1 atom stereocenters. The number of alkyl halides is 1. The highest BCUT2D eigenvalue weighted by Gasteiger charge is 2.46. The number of hydrogen-bond donors (Lipinski definition) is 0. The molecule has 0 N–H and O–H groups in total. The van der Waals surface area contributed by atoms with Crippen molar-refractivity contribution in [1.29, 1.82) is 0 Å². The van der Waals surface area contributed by atoms with E-state index in [4.69, 9.17) is 4.52 Å². The Kier molecular flexibility index (Phi) is 3.36. The Labute approximate surface area is 132 Å². The topological polar surface area (TPSA) is 72.1 Å². The van der Waals surface area contributed by atoms with Crippen LogP contribution in [0.1, 0.15) is 31.6 Å². The number of halogens is 1. The number of hydrogen-bond acceptors (Lipinski definition) is 5. The molecule has 2 fully saturated rings. The first-order valence-electron chi connectivity index (χ1n) is 7.88. The summed E-state index contributed by atoms with van der Waals surface area (Å²) in [5.74, 6) is 0.408. The molecule has 0 radical (unpaired) electrons. The number of pyridine rings is 1. The van der Waals surface area contributed by atoms with Crippen LogP contribution in [0.2, 0.25) is 0 Å². The predicted octanol–water partition coefficient (Wildman–Crippen LogP) is 2.33. The molecule has 1 saturated carbocycles. The van der Waals surface area contributed by atoms with Crippen LogP contribution >= 0.6 is 0 Å². The largest absolute Gasteiger partial charge is 0.339 e. The molecule has 4 rings (SSSR count). The summed E-state index contributed by atoms with van der Waals surface area (Å²) in [6.07, 6.45) is 5.96. The van der Waals surface area contributed by atoms with Gasteiger partial charge in [0.25, 0.3) is 5.89 Å². The average molecular weight is 316 g/mol. The van der Waals surface area contributed by atoms with Crippen LogP contribution in [0.5, 0.6) is 0 Å². The number of aromatic nitrogens is 3. The highest BCUT2D eigenvalue weighted by Crippen LogP contribution is 2.38. The SMILES string of the molecule is O=C(C1CC1)N1CCCC(F)(c2nc(-c3cccnc3)no2)C1. The first-order chi connectivity index (χ1) is 11.2. The highest BCUT2D eigenvalue weighted by atomic mass is 19.1. The monoisotopic (exact) mass is 316 g/mol. The summed E-state index contributed by atoms with van der Waals surface area (Å²) >= 11 is 0. The molecule has 2 aliphatic rings. The van der Waals surface area contributed by atoms with Crippen molar-refractivity contribution in [2.45, 2.75) is 31.4 Å². The Balaban J connectivity index is 1.56. The molecule has 1 aliphatic carbocycles. The van der Waals surface area contributed by atoms with Crippen molar-refractivity contribution in [3.05, 3.63) is 30.4 Å². The van der Waals surface area contributed by atoms with Crippen LogP contribution in [0.15, 0.2) is 29.0 Å². The van der Waals surface area contributed by atoms with Gasteiger partial charge in [0, 0.05) is 30.4 Å². The van der Waals surface area contributed by atoms with Gasteiger partial charge in [-0.3, -0.25) is 9.78 Å². The summed E-state index contributed by atoms with van der Waals surface area (Å²) < 4.78 is 20.5. The zero-order chi connectivity index (χ0) is 15.9. The minimum atomic E-state index is -1.77. The summed E-state index contributed by atoms with van der Waals surface area (Å²) in [7, 11) is 0. The minimum Gasteiger partial charge on any atom is -0.339 e. The molecule has 2 aromatic heterocycles. The number of carbonyl (C=O) groups excluding carboxylic acids is 1. The van der Waals surface area contributed by atoms with Gasteiger partial charge in [-0.15, -0.1) is 0 Å². The predicted molar refractivity (Wildman–Crippen MR) is 78.9 cm³/mol. The number of amides is 1. The standard InChI is InChI=1S/C16H17FN4O2/c17-16(6-2-8-21(10-16)14(22)11-4-5-11)15-19-13(20-23-15)12-3-1-7-18-9-12/h1,3,7,9,11H,2,4-6,8,10H2. The van der Waals surface area contributed by atoms with Crippen molar-refractivity contribution in [1.82, 2.24) is 20.0 Å². The smallest absolute Gasteiger partial charge is 0.266 e. The van der Waals surface area contributed by atoms with Crippen LogP contribution in [0, 0.1) is 5.92 Å². The highest BCUT2D eigenvalue weighted by molar-refractivity contribution is 5.81. The van der Waals surface area contributed by atoms with E-state index >= 15 is 4.39 Å². The fourth-order valence-corrected chi connectivity index (χ4v) is 2.98. The molecule has 23 heavy (non-hydrogen) atoms. The van der Waals surface area contributed by atoms with Crippen LogP contribution in [-0.4, -0.2) is 39.0 Å². The molecule has 0 spiro atoms. The van der Waals surface area contributed by atoms with Gasteiger partial charge in [0.15, 0.2) is 0 Å². The van der Waals surface area contributed by atoms with Gasteiger partial charge in [0.2, 0.25) is 17.4 Å². The van der Waals surface area contributed by atoms with E-state index in [-0.39, 0.29) is 30.7 Å². The van der Waals surface area contributed by atoms with Crippen LogP contribution in [0.25, 0.3) is 11.4 Å². The lowest BCUT2D eigenvalue weighted by atomic mass is 9.94. The lowest BCUT2D eigenvalue weighted by Gasteiger charge is -2.35. The first-order valence-corrected chi connectivity index (χ1v) is 7.88. The second kappa shape index (κ2) is 5.40. The third-order valence-electron chi connectivity index (χ3n) is 4.41. The summed E-state index contributed by atoms with van der Waals surface area (Å²) in [6.45, 7) is 0.599. The van der Waals surface area contributed by atoms with Gasteiger partial charge < -0.3 is 9.42 Å². The quantitative estimate of drug-likeness (QED) is 0.869. The number of rotatable bonds is 3. The van der Waals surface area contributed by atoms with E-state index in [1.807, 2.05) is 0 Å². The summed E-state index contributed by atoms with van der Waals surface area (Å²) in [5.41, 5.74) is -1.09. The second-order valence-corrected chi connectivity index (χ2v) is 6.27. The molecule has 1 aliphatic heterocycles. The minimum absolute atomic E-state index is 0.00297. The maximum atomic E-state index is 15.3. The van der Waals surface area contributed by atoms with Gasteiger partial charge in [0.05, 0.1) is 6.54 Å². The Morgan fingerprint density at radius 2 is 2.30 bits per heavy atom. The Bertz CT molecular complexity index is 716. The third kappa shape index (κ3) is 2.71. The van der Waals surface area contributed by atoms with Crippen LogP contribution in [0.3, 0.4) is 0 Å². The Hall–Kier alpha value is -2.31. The molecule has 0 bridgehead atoms. The van der Waals surface area contributed by atoms with Gasteiger partial charge in [-0.1, -0.05) is 5.16 Å². The zero-order valence-corrected chi connectivity index (χ0v) is 12.6. The van der Waals surface area contributed by atoms with Crippen molar-refractivity contribution in [3.63, 3.8) is 0 Å². The number of likely N-dealkylation sites (tertiary alicyclic amines) is 1. The van der Waals surface area contributed by atoms with Crippen molar-refractivity contribution >= 4 is 5.91 Å². The van der Waals surface area contributed by atoms with Gasteiger partial charge >= 0.3 is 0 Å². The number of carbonyl (C=O) groups is 1. The third-order valence-corrected chi connectivity index (χ3v) is 4.41. The summed E-state index contributed by atoms with van der Waals surface area (Å²) in [6, 6.07) is 3.55. The van der Waals surface area contributed by atoms with E-state index in [1.54, 1.807) is 29.4 Å². The van der Waals surface area contributed by atoms with E-state index in [0.29, 0.717) is 24.4 Å². The first kappa shape index (κ1) is 14.3. The van der Waals surface area contributed by atoms with Crippen molar-refractivity contribution in [2.24, 2.45) is 5.92 Å². The van der Waals surface area contributed by atoms with E-state index in [9.17, 15) is 4.79 Å². The van der Waals surface area contributed by atoms with Crippen LogP contribution < -0.4 is 0 Å². The lowest BCUT2D eigenvalue weighted by Crippen LogP contribution is -2.47. The maximum absolute atomic E-state index is 15.3. The van der Waals surface area contributed by atoms with Crippen molar-refractivity contribution in [3.8, 4) is 11.4 Å². The van der Waals surface area contributed by atoms with Crippen molar-refractivity contribution in [2.75, 3.05) is 13.1 Å². The molecule has 7 heteroatoms. The van der Waals surface area contributed by atoms with E-state index < -0.39 is 5.67 Å². The van der Waals surface area contributed by atoms with E-state index in [1.165, 1.54) is 0 Å². The van der Waals surface area contributed by atoms with Crippen LogP contribution in [-0.2, 0) is 10.5 Å². The molecule has 1 unspecified atom stereocenters. The van der Waals surface area contributed by atoms with Crippen molar-refractivity contribution < 1.29 is 13.7 Å². The second-order valence-electron chi connectivity index (χ2n) is 6.27. The Morgan fingerprint density at radius 3 is 3.04 bits per heavy atom. The maximum Gasteiger partial charge on any atom is 0.266 e. The molecule has 1 saturated heterocycles. The zero-order valence-electron chi connectivity index (χ0n) is 12.6. The van der Waals surface area contributed by atoms with Gasteiger partial charge in [-0.05, 0) is 37.8 Å². The van der Waals surface area contributed by atoms with Gasteiger partial charge in [-0.2, -0.15) is 4.98 Å². The fraction of sp³-hybridized carbons (Fsp3) is 0.500. The molecule has 0 aromatic carbocycles. The molecule has 120 valence electrons. The summed E-state index contributed by atoms with van der Waals surface area (Å²) in [4.78, 5) is 22.0. The van der Waals surface area contributed by atoms with E-state index in [0.717, 1.165) is 12.8 Å². The molecular weight excluding hydrogens is 299 g/mol. The fourth-order valence-electron chi connectivity index (χ4n) is 2.98. The molecule has 3 heterocycles. The van der Waals surface area contributed by atoms with Gasteiger partial charge in [-0.25, -0.2) is 4.39 Å². The molecule has 6 nitrogen and oxygen atoms in total. The molecular formula is C16H17FN4O2. The average Bonchev–Trinajstić information content (AvgIpc) is 3.30. The number of nitrogens with zero attached hydrogens (tertiary/aromatic N) is 4. The van der Waals surface area contributed by atoms with Gasteiger partial charge in [0.1, 0.15) is 0 Å².